The molecular weight excluding hydrogens is 308 g/mol. The lowest BCUT2D eigenvalue weighted by atomic mass is 10.1. The highest BCUT2D eigenvalue weighted by Crippen LogP contribution is 2.13. The fourth-order valence-electron chi connectivity index (χ4n) is 2.95. The van der Waals surface area contributed by atoms with Crippen molar-refractivity contribution in [3.05, 3.63) is 29.8 Å². The van der Waals surface area contributed by atoms with Gasteiger partial charge in [0.25, 0.3) is 0 Å². The Labute approximate surface area is 141 Å². The van der Waals surface area contributed by atoms with Crippen LogP contribution in [0.25, 0.3) is 0 Å². The van der Waals surface area contributed by atoms with Crippen molar-refractivity contribution in [1.82, 2.24) is 15.5 Å². The summed E-state index contributed by atoms with van der Waals surface area (Å²) in [5.41, 5.74) is 1.92. The van der Waals surface area contributed by atoms with Crippen LogP contribution < -0.4 is 16.0 Å². The van der Waals surface area contributed by atoms with Gasteiger partial charge in [-0.25, -0.2) is 4.79 Å². The average molecular weight is 332 g/mol. The van der Waals surface area contributed by atoms with Gasteiger partial charge >= 0.3 is 6.03 Å². The van der Waals surface area contributed by atoms with E-state index in [0.717, 1.165) is 45.0 Å². The molecule has 2 fully saturated rings. The average Bonchev–Trinajstić information content (AvgIpc) is 2.60. The number of piperidine rings is 1. The Morgan fingerprint density at radius 1 is 1.25 bits per heavy atom. The molecule has 2 aliphatic heterocycles. The molecule has 0 aromatic heterocycles. The Balaban J connectivity index is 1.48. The van der Waals surface area contributed by atoms with E-state index in [1.165, 1.54) is 5.56 Å². The number of anilines is 1. The third-order valence-electron chi connectivity index (χ3n) is 4.31. The van der Waals surface area contributed by atoms with Crippen LogP contribution in [-0.2, 0) is 16.1 Å². The van der Waals surface area contributed by atoms with Crippen LogP contribution in [0.5, 0.6) is 0 Å². The Morgan fingerprint density at radius 3 is 2.71 bits per heavy atom. The maximum atomic E-state index is 12.0. The van der Waals surface area contributed by atoms with Gasteiger partial charge in [-0.3, -0.25) is 9.69 Å². The number of hydrogen-bond donors (Lipinski definition) is 3. The predicted molar refractivity (Wildman–Crippen MR) is 90.7 cm³/mol. The monoisotopic (exact) mass is 332 g/mol. The molecule has 3 rings (SSSR count). The van der Waals surface area contributed by atoms with Crippen molar-refractivity contribution in [1.29, 1.82) is 0 Å². The molecule has 2 aliphatic rings. The summed E-state index contributed by atoms with van der Waals surface area (Å²) in [4.78, 5) is 26.0. The lowest BCUT2D eigenvalue weighted by Gasteiger charge is -2.26. The second-order valence-corrected chi connectivity index (χ2v) is 6.17. The van der Waals surface area contributed by atoms with E-state index in [2.05, 4.69) is 20.9 Å². The highest BCUT2D eigenvalue weighted by Gasteiger charge is 2.23. The normalized spacial score (nSPS) is 21.8. The van der Waals surface area contributed by atoms with Gasteiger partial charge in [-0.15, -0.1) is 0 Å². The van der Waals surface area contributed by atoms with Gasteiger partial charge < -0.3 is 20.7 Å². The number of urea groups is 1. The Morgan fingerprint density at radius 2 is 2.00 bits per heavy atom. The second kappa shape index (κ2) is 8.12. The van der Waals surface area contributed by atoms with Crippen molar-refractivity contribution in [3.63, 3.8) is 0 Å². The summed E-state index contributed by atoms with van der Waals surface area (Å²) in [6, 6.07) is 7.00. The molecular formula is C17H24N4O3. The number of rotatable bonds is 4. The first-order valence-electron chi connectivity index (χ1n) is 8.45. The number of benzene rings is 1. The molecule has 7 heteroatoms. The minimum atomic E-state index is -0.445. The summed E-state index contributed by atoms with van der Waals surface area (Å²) in [5.74, 6) is -0.114. The molecule has 0 spiro atoms. The van der Waals surface area contributed by atoms with E-state index in [9.17, 15) is 9.59 Å². The number of carbonyl (C=O) groups is 2. The van der Waals surface area contributed by atoms with Gasteiger partial charge in [0.2, 0.25) is 5.91 Å². The van der Waals surface area contributed by atoms with Crippen molar-refractivity contribution in [2.75, 3.05) is 38.2 Å². The third-order valence-corrected chi connectivity index (χ3v) is 4.31. The highest BCUT2D eigenvalue weighted by molar-refractivity contribution is 5.93. The molecule has 0 radical (unpaired) electrons. The number of carbonyl (C=O) groups excluding carboxylic acids is 2. The van der Waals surface area contributed by atoms with E-state index in [4.69, 9.17) is 4.74 Å². The standard InChI is InChI=1S/C17H24N4O3/c22-16-15(2-1-7-18-16)20-17(23)19-14-5-3-13(4-6-14)12-21-8-10-24-11-9-21/h3-6,15H,1-2,7-12H2,(H,18,22)(H2,19,20,23)/t15-/m1/s1. The maximum Gasteiger partial charge on any atom is 0.319 e. The van der Waals surface area contributed by atoms with Crippen LogP contribution in [0.3, 0.4) is 0 Å². The Bertz CT molecular complexity index is 570. The zero-order chi connectivity index (χ0) is 16.8. The number of morpholine rings is 1. The molecule has 130 valence electrons. The molecule has 0 saturated carbocycles. The van der Waals surface area contributed by atoms with Gasteiger partial charge in [-0.05, 0) is 30.5 Å². The molecule has 7 nitrogen and oxygen atoms in total. The summed E-state index contributed by atoms with van der Waals surface area (Å²) < 4.78 is 5.35. The van der Waals surface area contributed by atoms with Crippen molar-refractivity contribution in [3.8, 4) is 0 Å². The molecule has 3 amide bonds. The summed E-state index contributed by atoms with van der Waals surface area (Å²) in [5, 5.41) is 8.24. The number of nitrogens with one attached hydrogen (secondary N) is 3. The molecule has 1 atom stereocenters. The summed E-state index contributed by atoms with van der Waals surface area (Å²) >= 11 is 0. The van der Waals surface area contributed by atoms with E-state index in [-0.39, 0.29) is 11.9 Å². The molecule has 1 aromatic rings. The van der Waals surface area contributed by atoms with Gasteiger partial charge in [0, 0.05) is 31.9 Å². The Hall–Kier alpha value is -2.12. The largest absolute Gasteiger partial charge is 0.379 e. The van der Waals surface area contributed by atoms with Crippen LogP contribution in [0, 0.1) is 0 Å². The van der Waals surface area contributed by atoms with Gasteiger partial charge in [0.1, 0.15) is 6.04 Å². The third kappa shape index (κ3) is 4.69. The number of hydrogen-bond acceptors (Lipinski definition) is 4. The topological polar surface area (TPSA) is 82.7 Å². The first-order valence-corrected chi connectivity index (χ1v) is 8.45. The SMILES string of the molecule is O=C(Nc1ccc(CN2CCOCC2)cc1)N[C@@H]1CCCNC1=O. The molecule has 0 unspecified atom stereocenters. The van der Waals surface area contributed by atoms with Crippen molar-refractivity contribution < 1.29 is 14.3 Å². The molecule has 3 N–H and O–H groups in total. The molecule has 0 bridgehead atoms. The minimum Gasteiger partial charge on any atom is -0.379 e. The smallest absolute Gasteiger partial charge is 0.319 e. The maximum absolute atomic E-state index is 12.0. The van der Waals surface area contributed by atoms with Crippen molar-refractivity contribution in [2.24, 2.45) is 0 Å². The number of ether oxygens (including phenoxy) is 1. The summed E-state index contributed by atoms with van der Waals surface area (Å²) in [6.45, 7) is 5.04. The predicted octanol–water partition coefficient (Wildman–Crippen LogP) is 0.919. The summed E-state index contributed by atoms with van der Waals surface area (Å²) in [6.07, 6.45) is 1.56. The van der Waals surface area contributed by atoms with Crippen LogP contribution in [0.1, 0.15) is 18.4 Å². The van der Waals surface area contributed by atoms with E-state index >= 15 is 0 Å². The van der Waals surface area contributed by atoms with Gasteiger partial charge in [-0.1, -0.05) is 12.1 Å². The van der Waals surface area contributed by atoms with Crippen LogP contribution in [0.4, 0.5) is 10.5 Å². The Kier molecular flexibility index (Phi) is 5.66. The van der Waals surface area contributed by atoms with Crippen molar-refractivity contribution in [2.45, 2.75) is 25.4 Å². The molecule has 2 heterocycles. The van der Waals surface area contributed by atoms with Crippen molar-refractivity contribution >= 4 is 17.6 Å². The lowest BCUT2D eigenvalue weighted by molar-refractivity contribution is -0.124. The van der Waals surface area contributed by atoms with Gasteiger partial charge in [0.15, 0.2) is 0 Å². The second-order valence-electron chi connectivity index (χ2n) is 6.17. The van der Waals surface area contributed by atoms with Crippen LogP contribution >= 0.6 is 0 Å². The lowest BCUT2D eigenvalue weighted by Crippen LogP contribution is -2.51. The molecule has 1 aromatic carbocycles. The number of nitrogens with zero attached hydrogens (tertiary/aromatic N) is 1. The summed E-state index contributed by atoms with van der Waals surface area (Å²) in [7, 11) is 0. The number of amides is 3. The quantitative estimate of drug-likeness (QED) is 0.766. The molecule has 24 heavy (non-hydrogen) atoms. The zero-order valence-corrected chi connectivity index (χ0v) is 13.7. The first kappa shape index (κ1) is 16.7. The van der Waals surface area contributed by atoms with Crippen LogP contribution in [-0.4, -0.2) is 55.7 Å². The fraction of sp³-hybridized carbons (Fsp3) is 0.529. The van der Waals surface area contributed by atoms with E-state index < -0.39 is 6.04 Å². The van der Waals surface area contributed by atoms with E-state index in [0.29, 0.717) is 13.0 Å². The highest BCUT2D eigenvalue weighted by atomic mass is 16.5. The molecule has 2 saturated heterocycles. The van der Waals surface area contributed by atoms with Gasteiger partial charge in [0.05, 0.1) is 13.2 Å². The van der Waals surface area contributed by atoms with E-state index in [1.807, 2.05) is 24.3 Å². The first-order chi connectivity index (χ1) is 11.7. The fourth-order valence-corrected chi connectivity index (χ4v) is 2.95. The van der Waals surface area contributed by atoms with Crippen LogP contribution in [0.2, 0.25) is 0 Å². The zero-order valence-electron chi connectivity index (χ0n) is 13.7. The van der Waals surface area contributed by atoms with Gasteiger partial charge in [-0.2, -0.15) is 0 Å². The van der Waals surface area contributed by atoms with Crippen LogP contribution in [0.15, 0.2) is 24.3 Å². The molecule has 0 aliphatic carbocycles. The minimum absolute atomic E-state index is 0.114. The van der Waals surface area contributed by atoms with E-state index in [1.54, 1.807) is 0 Å².